The van der Waals surface area contributed by atoms with E-state index in [-0.39, 0.29) is 24.4 Å². The molecule has 1 saturated heterocycles. The molecule has 2 N–H and O–H groups in total. The fourth-order valence-electron chi connectivity index (χ4n) is 2.39. The maximum Gasteiger partial charge on any atom is 0.241 e. The van der Waals surface area contributed by atoms with Crippen LogP contribution in [0.3, 0.4) is 0 Å². The van der Waals surface area contributed by atoms with Gasteiger partial charge in [-0.15, -0.1) is 0 Å². The van der Waals surface area contributed by atoms with Crippen molar-refractivity contribution >= 4 is 5.91 Å². The third-order valence-corrected chi connectivity index (χ3v) is 3.53. The van der Waals surface area contributed by atoms with Gasteiger partial charge in [-0.3, -0.25) is 4.79 Å². The Labute approximate surface area is 123 Å². The van der Waals surface area contributed by atoms with Crippen molar-refractivity contribution in [3.8, 4) is 5.75 Å². The molecule has 0 radical (unpaired) electrons. The van der Waals surface area contributed by atoms with Crippen molar-refractivity contribution in [2.75, 3.05) is 26.8 Å². The first kappa shape index (κ1) is 15.7. The summed E-state index contributed by atoms with van der Waals surface area (Å²) in [6.45, 7) is 1.45. The fraction of sp³-hybridized carbons (Fsp3) is 0.533. The first-order chi connectivity index (χ1) is 10.1. The number of nitrogens with two attached hydrogens (primary N) is 1. The highest BCUT2D eigenvalue weighted by Crippen LogP contribution is 2.19. The fourth-order valence-corrected chi connectivity index (χ4v) is 2.39. The summed E-state index contributed by atoms with van der Waals surface area (Å²) in [5.74, 6) is 0.282. The number of carbonyl (C=O) groups excluding carboxylic acids is 1. The minimum atomic E-state index is -0.607. The number of carbonyl (C=O) groups is 1. The molecule has 5 nitrogen and oxygen atoms in total. The Morgan fingerprint density at radius 2 is 2.00 bits per heavy atom. The predicted octanol–water partition coefficient (Wildman–Crippen LogP) is 1.17. The predicted molar refractivity (Wildman–Crippen MR) is 76.5 cm³/mol. The molecule has 1 fully saturated rings. The lowest BCUT2D eigenvalue weighted by atomic mass is 10.1. The molecule has 21 heavy (non-hydrogen) atoms. The number of hydrogen-bond donors (Lipinski definition) is 1. The van der Waals surface area contributed by atoms with Crippen LogP contribution in [0.25, 0.3) is 0 Å². The van der Waals surface area contributed by atoms with E-state index in [2.05, 4.69) is 0 Å². The molecule has 0 spiro atoms. The average Bonchev–Trinajstić information content (AvgIpc) is 2.50. The van der Waals surface area contributed by atoms with Crippen molar-refractivity contribution in [3.05, 3.63) is 30.1 Å². The molecular weight excluding hydrogens is 275 g/mol. The number of piperidine rings is 1. The summed E-state index contributed by atoms with van der Waals surface area (Å²) >= 11 is 0. The number of rotatable bonds is 5. The Balaban J connectivity index is 1.80. The molecule has 1 unspecified atom stereocenters. The van der Waals surface area contributed by atoms with Crippen LogP contribution in [0.2, 0.25) is 0 Å². The average molecular weight is 296 g/mol. The molecule has 1 heterocycles. The van der Waals surface area contributed by atoms with Crippen LogP contribution in [0.1, 0.15) is 12.8 Å². The van der Waals surface area contributed by atoms with Gasteiger partial charge < -0.3 is 20.1 Å². The maximum absolute atomic E-state index is 12.8. The third kappa shape index (κ3) is 4.41. The number of hydrogen-bond acceptors (Lipinski definition) is 4. The largest absolute Gasteiger partial charge is 0.490 e. The van der Waals surface area contributed by atoms with Gasteiger partial charge in [0.05, 0.1) is 6.61 Å². The lowest BCUT2D eigenvalue weighted by Gasteiger charge is -2.33. The van der Waals surface area contributed by atoms with E-state index in [0.29, 0.717) is 18.8 Å². The Morgan fingerprint density at radius 1 is 1.38 bits per heavy atom. The number of methoxy groups -OCH3 is 1. The van der Waals surface area contributed by atoms with Gasteiger partial charge in [-0.1, -0.05) is 0 Å². The lowest BCUT2D eigenvalue weighted by molar-refractivity contribution is -0.135. The molecule has 0 aliphatic carbocycles. The summed E-state index contributed by atoms with van der Waals surface area (Å²) in [5, 5.41) is 0. The summed E-state index contributed by atoms with van der Waals surface area (Å²) < 4.78 is 23.5. The van der Waals surface area contributed by atoms with E-state index in [1.165, 1.54) is 19.2 Å². The molecule has 116 valence electrons. The molecule has 1 aliphatic rings. The van der Waals surface area contributed by atoms with Gasteiger partial charge in [0.1, 0.15) is 23.7 Å². The Hall–Kier alpha value is -1.66. The molecule has 2 rings (SSSR count). The van der Waals surface area contributed by atoms with Gasteiger partial charge in [0.15, 0.2) is 0 Å². The summed E-state index contributed by atoms with van der Waals surface area (Å²) in [4.78, 5) is 13.8. The molecule has 0 aromatic heterocycles. The number of amides is 1. The first-order valence-corrected chi connectivity index (χ1v) is 7.05. The number of halogens is 1. The minimum absolute atomic E-state index is 0.0400. The number of likely N-dealkylation sites (tertiary alicyclic amines) is 1. The van der Waals surface area contributed by atoms with Crippen LogP contribution < -0.4 is 10.5 Å². The Bertz CT molecular complexity index is 458. The van der Waals surface area contributed by atoms with Crippen LogP contribution >= 0.6 is 0 Å². The zero-order valence-electron chi connectivity index (χ0n) is 12.1. The van der Waals surface area contributed by atoms with Gasteiger partial charge >= 0.3 is 0 Å². The normalized spacial score (nSPS) is 17.6. The summed E-state index contributed by atoms with van der Waals surface area (Å²) in [7, 11) is 1.52. The number of ether oxygens (including phenoxy) is 2. The van der Waals surface area contributed by atoms with Gasteiger partial charge in [-0.25, -0.2) is 4.39 Å². The molecule has 1 aliphatic heterocycles. The smallest absolute Gasteiger partial charge is 0.241 e. The van der Waals surface area contributed by atoms with Crippen molar-refractivity contribution in [2.24, 2.45) is 5.73 Å². The topological polar surface area (TPSA) is 64.8 Å². The van der Waals surface area contributed by atoms with E-state index in [1.807, 2.05) is 0 Å². The van der Waals surface area contributed by atoms with Gasteiger partial charge in [-0.05, 0) is 24.3 Å². The molecular formula is C15H21FN2O3. The number of benzene rings is 1. The highest BCUT2D eigenvalue weighted by molar-refractivity contribution is 5.81. The van der Waals surface area contributed by atoms with Crippen LogP contribution in [0, 0.1) is 5.82 Å². The van der Waals surface area contributed by atoms with Crippen molar-refractivity contribution in [1.82, 2.24) is 4.90 Å². The van der Waals surface area contributed by atoms with E-state index >= 15 is 0 Å². The SMILES string of the molecule is COCC(N)C(=O)N1CCC(Oc2ccc(F)cc2)CC1. The van der Waals surface area contributed by atoms with Gasteiger partial charge in [-0.2, -0.15) is 0 Å². The van der Waals surface area contributed by atoms with Crippen LogP contribution in [-0.4, -0.2) is 49.8 Å². The van der Waals surface area contributed by atoms with Gasteiger partial charge in [0, 0.05) is 33.0 Å². The Morgan fingerprint density at radius 3 is 2.57 bits per heavy atom. The second kappa shape index (κ2) is 7.38. The zero-order chi connectivity index (χ0) is 15.2. The third-order valence-electron chi connectivity index (χ3n) is 3.53. The Kier molecular flexibility index (Phi) is 5.52. The van der Waals surface area contributed by atoms with E-state index in [4.69, 9.17) is 15.2 Å². The molecule has 0 saturated carbocycles. The maximum atomic E-state index is 12.8. The van der Waals surface area contributed by atoms with Crippen molar-refractivity contribution in [3.63, 3.8) is 0 Å². The molecule has 1 aromatic rings. The van der Waals surface area contributed by atoms with Crippen LogP contribution in [0.15, 0.2) is 24.3 Å². The summed E-state index contributed by atoms with van der Waals surface area (Å²) in [6, 6.07) is 5.36. The zero-order valence-corrected chi connectivity index (χ0v) is 12.1. The van der Waals surface area contributed by atoms with E-state index in [1.54, 1.807) is 17.0 Å². The molecule has 6 heteroatoms. The van der Waals surface area contributed by atoms with Crippen LogP contribution in [-0.2, 0) is 9.53 Å². The van der Waals surface area contributed by atoms with Crippen molar-refractivity contribution in [1.29, 1.82) is 0 Å². The monoisotopic (exact) mass is 296 g/mol. The number of nitrogens with zero attached hydrogens (tertiary/aromatic N) is 1. The summed E-state index contributed by atoms with van der Waals surface area (Å²) in [5.41, 5.74) is 5.75. The standard InChI is InChI=1S/C15H21FN2O3/c1-20-10-14(17)15(19)18-8-6-13(7-9-18)21-12-4-2-11(16)3-5-12/h2-5,13-14H,6-10,17H2,1H3. The quantitative estimate of drug-likeness (QED) is 0.886. The van der Waals surface area contributed by atoms with E-state index in [9.17, 15) is 9.18 Å². The van der Waals surface area contributed by atoms with Gasteiger partial charge in [0.2, 0.25) is 5.91 Å². The van der Waals surface area contributed by atoms with Crippen LogP contribution in [0.5, 0.6) is 5.75 Å². The minimum Gasteiger partial charge on any atom is -0.490 e. The second-order valence-electron chi connectivity index (χ2n) is 5.16. The molecule has 1 aromatic carbocycles. The second-order valence-corrected chi connectivity index (χ2v) is 5.16. The van der Waals surface area contributed by atoms with Crippen LogP contribution in [0.4, 0.5) is 4.39 Å². The highest BCUT2D eigenvalue weighted by atomic mass is 19.1. The lowest BCUT2D eigenvalue weighted by Crippen LogP contribution is -2.50. The van der Waals surface area contributed by atoms with E-state index < -0.39 is 6.04 Å². The molecule has 0 bridgehead atoms. The molecule has 1 amide bonds. The van der Waals surface area contributed by atoms with Crippen molar-refractivity contribution in [2.45, 2.75) is 25.0 Å². The van der Waals surface area contributed by atoms with Crippen molar-refractivity contribution < 1.29 is 18.7 Å². The van der Waals surface area contributed by atoms with E-state index in [0.717, 1.165) is 12.8 Å². The van der Waals surface area contributed by atoms with Gasteiger partial charge in [0.25, 0.3) is 0 Å². The summed E-state index contributed by atoms with van der Waals surface area (Å²) in [6.07, 6.45) is 1.52. The molecule has 1 atom stereocenters. The highest BCUT2D eigenvalue weighted by Gasteiger charge is 2.27. The first-order valence-electron chi connectivity index (χ1n) is 7.05.